The Labute approximate surface area is 168 Å². The highest BCUT2D eigenvalue weighted by Crippen LogP contribution is 2.51. The number of hydrogen-bond donors (Lipinski definition) is 2. The summed E-state index contributed by atoms with van der Waals surface area (Å²) >= 11 is 0. The van der Waals surface area contributed by atoms with Crippen LogP contribution < -0.4 is 15.4 Å². The van der Waals surface area contributed by atoms with Crippen LogP contribution in [0.5, 0.6) is 5.75 Å². The highest BCUT2D eigenvalue weighted by atomic mass is 127. The van der Waals surface area contributed by atoms with Gasteiger partial charge in [0, 0.05) is 37.6 Å². The lowest BCUT2D eigenvalue weighted by atomic mass is 9.56. The average molecular weight is 459 g/mol. The van der Waals surface area contributed by atoms with Crippen LogP contribution in [0.2, 0.25) is 0 Å². The number of hydrogen-bond acceptors (Lipinski definition) is 3. The summed E-state index contributed by atoms with van der Waals surface area (Å²) in [4.78, 5) is 4.43. The van der Waals surface area contributed by atoms with Crippen LogP contribution in [-0.4, -0.2) is 38.4 Å². The molecule has 1 aromatic rings. The molecule has 0 saturated heterocycles. The van der Waals surface area contributed by atoms with E-state index in [4.69, 9.17) is 9.47 Å². The monoisotopic (exact) mass is 459 g/mol. The zero-order valence-electron chi connectivity index (χ0n) is 15.8. The molecule has 0 radical (unpaired) electrons. The molecular formula is C19H30IN3O2. The third-order valence-electron chi connectivity index (χ3n) is 6.08. The molecule has 6 heteroatoms. The van der Waals surface area contributed by atoms with Gasteiger partial charge in [0.05, 0.1) is 18.2 Å². The Kier molecular flexibility index (Phi) is 6.25. The largest absolute Gasteiger partial charge is 0.493 e. The molecule has 2 N–H and O–H groups in total. The summed E-state index contributed by atoms with van der Waals surface area (Å²) in [6.45, 7) is 7.39. The van der Waals surface area contributed by atoms with E-state index in [-0.39, 0.29) is 41.0 Å². The first-order chi connectivity index (χ1) is 11.4. The standard InChI is InChI=1S/C19H29N3O2.HI/c1-18(2)16(12-19(18,3)23-5)22-17(20-4)21-14-10-11-24-15-9-7-6-8-13(14)15;/h6-9,14,16H,10-12H2,1-5H3,(H2,20,21,22);1H. The molecule has 140 valence electrons. The lowest BCUT2D eigenvalue weighted by molar-refractivity contribution is -0.176. The second-order valence-electron chi connectivity index (χ2n) is 7.50. The summed E-state index contributed by atoms with van der Waals surface area (Å²) < 4.78 is 11.5. The SMILES string of the molecule is CN=C(NC1CCOc2ccccc21)NC1CC(C)(OC)C1(C)C.I. The molecule has 3 rings (SSSR count). The predicted molar refractivity (Wildman–Crippen MR) is 112 cm³/mol. The number of nitrogens with zero attached hydrogens (tertiary/aromatic N) is 1. The Hall–Kier alpha value is -1.02. The summed E-state index contributed by atoms with van der Waals surface area (Å²) in [6.07, 6.45) is 1.91. The first kappa shape index (κ1) is 20.3. The van der Waals surface area contributed by atoms with Gasteiger partial charge in [0.1, 0.15) is 5.75 Å². The summed E-state index contributed by atoms with van der Waals surface area (Å²) in [5, 5.41) is 7.14. The number of halogens is 1. The van der Waals surface area contributed by atoms with E-state index in [1.165, 1.54) is 5.56 Å². The molecule has 0 spiro atoms. The number of benzene rings is 1. The second kappa shape index (κ2) is 7.70. The number of aliphatic imine (C=N–C) groups is 1. The fraction of sp³-hybridized carbons (Fsp3) is 0.632. The Morgan fingerprint density at radius 3 is 2.60 bits per heavy atom. The minimum absolute atomic E-state index is 0. The Morgan fingerprint density at radius 2 is 1.96 bits per heavy atom. The fourth-order valence-corrected chi connectivity index (χ4v) is 3.72. The van der Waals surface area contributed by atoms with E-state index >= 15 is 0 Å². The van der Waals surface area contributed by atoms with Gasteiger partial charge in [-0.15, -0.1) is 24.0 Å². The number of nitrogens with one attached hydrogen (secondary N) is 2. The first-order valence-corrected chi connectivity index (χ1v) is 8.68. The normalized spacial score (nSPS) is 30.2. The van der Waals surface area contributed by atoms with Gasteiger partial charge in [-0.25, -0.2) is 0 Å². The minimum atomic E-state index is -0.0885. The van der Waals surface area contributed by atoms with Crippen molar-refractivity contribution in [3.05, 3.63) is 29.8 Å². The topological polar surface area (TPSA) is 54.9 Å². The van der Waals surface area contributed by atoms with Crippen molar-refractivity contribution in [3.63, 3.8) is 0 Å². The molecule has 0 bridgehead atoms. The molecule has 0 aromatic heterocycles. The third kappa shape index (κ3) is 3.60. The van der Waals surface area contributed by atoms with Crippen LogP contribution in [0.1, 0.15) is 45.2 Å². The van der Waals surface area contributed by atoms with Crippen molar-refractivity contribution in [2.45, 2.75) is 51.3 Å². The summed E-state index contributed by atoms with van der Waals surface area (Å²) in [5.41, 5.74) is 1.16. The van der Waals surface area contributed by atoms with Crippen LogP contribution >= 0.6 is 24.0 Å². The van der Waals surface area contributed by atoms with Gasteiger partial charge in [0.2, 0.25) is 0 Å². The van der Waals surface area contributed by atoms with Crippen molar-refractivity contribution < 1.29 is 9.47 Å². The van der Waals surface area contributed by atoms with E-state index in [0.29, 0.717) is 6.04 Å². The van der Waals surface area contributed by atoms with Gasteiger partial charge in [-0.05, 0) is 19.4 Å². The fourth-order valence-electron chi connectivity index (χ4n) is 3.72. The highest BCUT2D eigenvalue weighted by molar-refractivity contribution is 14.0. The van der Waals surface area contributed by atoms with Gasteiger partial charge in [-0.2, -0.15) is 0 Å². The Bertz CT molecular complexity index is 635. The lowest BCUT2D eigenvalue weighted by Crippen LogP contribution is -2.69. The number of para-hydroxylation sites is 1. The molecule has 1 fully saturated rings. The van der Waals surface area contributed by atoms with Crippen molar-refractivity contribution >= 4 is 29.9 Å². The van der Waals surface area contributed by atoms with Crippen LogP contribution in [-0.2, 0) is 4.74 Å². The molecule has 0 amide bonds. The van der Waals surface area contributed by atoms with Crippen molar-refractivity contribution in [2.24, 2.45) is 10.4 Å². The van der Waals surface area contributed by atoms with Crippen LogP contribution in [0.15, 0.2) is 29.3 Å². The smallest absolute Gasteiger partial charge is 0.191 e. The van der Waals surface area contributed by atoms with E-state index in [9.17, 15) is 0 Å². The maximum atomic E-state index is 5.74. The van der Waals surface area contributed by atoms with Gasteiger partial charge in [0.25, 0.3) is 0 Å². The number of methoxy groups -OCH3 is 1. The molecule has 2 aliphatic rings. The van der Waals surface area contributed by atoms with E-state index in [0.717, 1.165) is 31.2 Å². The first-order valence-electron chi connectivity index (χ1n) is 8.68. The third-order valence-corrected chi connectivity index (χ3v) is 6.08. The zero-order chi connectivity index (χ0) is 17.4. The molecule has 5 nitrogen and oxygen atoms in total. The van der Waals surface area contributed by atoms with Gasteiger partial charge < -0.3 is 20.1 Å². The number of fused-ring (bicyclic) bond motifs is 1. The number of rotatable bonds is 3. The average Bonchev–Trinajstić information content (AvgIpc) is 2.60. The van der Waals surface area contributed by atoms with E-state index in [1.807, 2.05) is 19.2 Å². The Morgan fingerprint density at radius 1 is 1.24 bits per heavy atom. The maximum Gasteiger partial charge on any atom is 0.191 e. The second-order valence-corrected chi connectivity index (χ2v) is 7.50. The van der Waals surface area contributed by atoms with Gasteiger partial charge in [0.15, 0.2) is 5.96 Å². The Balaban J connectivity index is 0.00000225. The van der Waals surface area contributed by atoms with Crippen LogP contribution in [0, 0.1) is 5.41 Å². The van der Waals surface area contributed by atoms with Crippen molar-refractivity contribution in [1.82, 2.24) is 10.6 Å². The summed E-state index contributed by atoms with van der Waals surface area (Å²) in [7, 11) is 3.62. The van der Waals surface area contributed by atoms with Crippen molar-refractivity contribution in [2.75, 3.05) is 20.8 Å². The molecule has 1 heterocycles. The molecule has 1 saturated carbocycles. The quantitative estimate of drug-likeness (QED) is 0.413. The van der Waals surface area contributed by atoms with Crippen LogP contribution in [0.3, 0.4) is 0 Å². The molecule has 1 aliphatic carbocycles. The number of guanidine groups is 1. The molecule has 1 aliphatic heterocycles. The summed E-state index contributed by atoms with van der Waals surface area (Å²) in [6, 6.07) is 8.77. The zero-order valence-corrected chi connectivity index (χ0v) is 18.1. The van der Waals surface area contributed by atoms with E-state index < -0.39 is 0 Å². The van der Waals surface area contributed by atoms with Crippen LogP contribution in [0.25, 0.3) is 0 Å². The van der Waals surface area contributed by atoms with Gasteiger partial charge in [-0.1, -0.05) is 32.0 Å². The molecular weight excluding hydrogens is 429 g/mol. The van der Waals surface area contributed by atoms with Gasteiger partial charge >= 0.3 is 0 Å². The van der Waals surface area contributed by atoms with Crippen LogP contribution in [0.4, 0.5) is 0 Å². The maximum absolute atomic E-state index is 5.74. The minimum Gasteiger partial charge on any atom is -0.493 e. The molecule has 25 heavy (non-hydrogen) atoms. The molecule has 3 atom stereocenters. The van der Waals surface area contributed by atoms with E-state index in [1.54, 1.807) is 7.11 Å². The molecule has 3 unspecified atom stereocenters. The van der Waals surface area contributed by atoms with Crippen molar-refractivity contribution in [3.8, 4) is 5.75 Å². The number of ether oxygens (including phenoxy) is 2. The lowest BCUT2D eigenvalue weighted by Gasteiger charge is -2.59. The van der Waals surface area contributed by atoms with Crippen molar-refractivity contribution in [1.29, 1.82) is 0 Å². The highest BCUT2D eigenvalue weighted by Gasteiger charge is 2.58. The predicted octanol–water partition coefficient (Wildman–Crippen LogP) is 3.50. The van der Waals surface area contributed by atoms with E-state index in [2.05, 4.69) is 48.5 Å². The summed E-state index contributed by atoms with van der Waals surface area (Å²) in [5.74, 6) is 1.81. The van der Waals surface area contributed by atoms with Gasteiger partial charge in [-0.3, -0.25) is 4.99 Å². The molecule has 1 aromatic carbocycles.